The zero-order valence-electron chi connectivity index (χ0n) is 12.0. The number of nitrogen functional groups attached to an aromatic ring is 1. The number of amides is 1. The highest BCUT2D eigenvalue weighted by Crippen LogP contribution is 2.20. The molecule has 2 rings (SSSR count). The van der Waals surface area contributed by atoms with Gasteiger partial charge in [0.25, 0.3) is 0 Å². The van der Waals surface area contributed by atoms with Gasteiger partial charge in [0, 0.05) is 31.8 Å². The quantitative estimate of drug-likeness (QED) is 0.694. The molecular formula is C15H22FN3O2. The number of hydrogen-bond donors (Lipinski definition) is 3. The van der Waals surface area contributed by atoms with E-state index in [0.717, 1.165) is 25.9 Å². The summed E-state index contributed by atoms with van der Waals surface area (Å²) in [4.78, 5) is 14.1. The zero-order valence-corrected chi connectivity index (χ0v) is 12.0. The number of aliphatic hydroxyl groups is 1. The van der Waals surface area contributed by atoms with Crippen LogP contribution in [0.15, 0.2) is 18.2 Å². The van der Waals surface area contributed by atoms with E-state index in [9.17, 15) is 9.18 Å². The Morgan fingerprint density at radius 2 is 2.33 bits per heavy atom. The van der Waals surface area contributed by atoms with Crippen molar-refractivity contribution in [2.75, 3.05) is 37.3 Å². The van der Waals surface area contributed by atoms with E-state index in [1.54, 1.807) is 0 Å². The number of benzene rings is 1. The van der Waals surface area contributed by atoms with Crippen molar-refractivity contribution in [1.29, 1.82) is 0 Å². The van der Waals surface area contributed by atoms with Crippen molar-refractivity contribution in [3.63, 3.8) is 0 Å². The molecule has 0 aromatic heterocycles. The van der Waals surface area contributed by atoms with Crippen molar-refractivity contribution in [1.82, 2.24) is 4.90 Å². The Morgan fingerprint density at radius 3 is 3.10 bits per heavy atom. The lowest BCUT2D eigenvalue weighted by molar-refractivity contribution is -0.116. The second-order valence-corrected chi connectivity index (χ2v) is 5.51. The zero-order chi connectivity index (χ0) is 15.2. The first kappa shape index (κ1) is 15.7. The molecule has 21 heavy (non-hydrogen) atoms. The van der Waals surface area contributed by atoms with E-state index in [4.69, 9.17) is 10.8 Å². The van der Waals surface area contributed by atoms with Crippen LogP contribution >= 0.6 is 0 Å². The van der Waals surface area contributed by atoms with Crippen LogP contribution in [0.5, 0.6) is 0 Å². The number of rotatable bonds is 6. The Balaban J connectivity index is 1.76. The topological polar surface area (TPSA) is 78.6 Å². The highest BCUT2D eigenvalue weighted by molar-refractivity contribution is 5.91. The number of anilines is 2. The summed E-state index contributed by atoms with van der Waals surface area (Å²) in [5.74, 6) is -0.184. The van der Waals surface area contributed by atoms with Gasteiger partial charge in [0.15, 0.2) is 0 Å². The molecule has 0 saturated carbocycles. The van der Waals surface area contributed by atoms with Crippen molar-refractivity contribution in [3.8, 4) is 0 Å². The number of halogens is 1. The predicted octanol–water partition coefficient (Wildman–Crippen LogP) is 1.44. The maximum Gasteiger partial charge on any atom is 0.225 e. The monoisotopic (exact) mass is 295 g/mol. The summed E-state index contributed by atoms with van der Waals surface area (Å²) in [5.41, 5.74) is 6.11. The van der Waals surface area contributed by atoms with Crippen molar-refractivity contribution < 1.29 is 14.3 Å². The van der Waals surface area contributed by atoms with Crippen LogP contribution in [0.2, 0.25) is 0 Å². The van der Waals surface area contributed by atoms with Crippen LogP contribution in [0, 0.1) is 11.7 Å². The molecule has 1 amide bonds. The summed E-state index contributed by atoms with van der Waals surface area (Å²) in [6, 6.07) is 4.11. The summed E-state index contributed by atoms with van der Waals surface area (Å²) in [6.07, 6.45) is 2.20. The molecule has 116 valence electrons. The third-order valence-electron chi connectivity index (χ3n) is 3.83. The molecule has 0 bridgehead atoms. The Kier molecular flexibility index (Phi) is 5.52. The molecule has 0 aliphatic carbocycles. The molecule has 1 fully saturated rings. The van der Waals surface area contributed by atoms with E-state index < -0.39 is 5.82 Å². The number of nitrogens with one attached hydrogen (secondary N) is 1. The minimum Gasteiger partial charge on any atom is -0.399 e. The number of likely N-dealkylation sites (tertiary alicyclic amines) is 1. The minimum atomic E-state index is -0.485. The summed E-state index contributed by atoms with van der Waals surface area (Å²) < 4.78 is 13.5. The summed E-state index contributed by atoms with van der Waals surface area (Å²) >= 11 is 0. The fraction of sp³-hybridized carbons (Fsp3) is 0.533. The number of carbonyl (C=O) groups is 1. The Hall–Kier alpha value is -1.66. The summed E-state index contributed by atoms with van der Waals surface area (Å²) in [5, 5.41) is 11.5. The molecule has 1 aromatic carbocycles. The third kappa shape index (κ3) is 4.68. The van der Waals surface area contributed by atoms with Crippen molar-refractivity contribution in [2.24, 2.45) is 5.92 Å². The Bertz CT molecular complexity index is 496. The molecule has 4 N–H and O–H groups in total. The smallest absolute Gasteiger partial charge is 0.225 e. The van der Waals surface area contributed by atoms with Gasteiger partial charge < -0.3 is 21.1 Å². The van der Waals surface area contributed by atoms with Crippen LogP contribution in [-0.2, 0) is 4.79 Å². The molecule has 1 heterocycles. The van der Waals surface area contributed by atoms with Gasteiger partial charge in [-0.15, -0.1) is 0 Å². The van der Waals surface area contributed by atoms with E-state index in [-0.39, 0.29) is 18.2 Å². The number of carbonyl (C=O) groups excluding carboxylic acids is 1. The Labute approximate surface area is 123 Å². The number of hydrogen-bond acceptors (Lipinski definition) is 4. The van der Waals surface area contributed by atoms with Crippen molar-refractivity contribution in [2.45, 2.75) is 19.3 Å². The van der Waals surface area contributed by atoms with E-state index in [0.29, 0.717) is 24.6 Å². The molecule has 1 atom stereocenters. The molecule has 1 unspecified atom stereocenters. The fourth-order valence-corrected chi connectivity index (χ4v) is 2.65. The van der Waals surface area contributed by atoms with E-state index in [2.05, 4.69) is 10.2 Å². The standard InChI is InChI=1S/C15H22FN3O2/c16-13-2-1-12(17)9-14(13)18-15(21)4-7-19-6-3-11(10-19)5-8-20/h1-2,9,11,20H,3-8,10,17H2,(H,18,21). The van der Waals surface area contributed by atoms with Gasteiger partial charge in [-0.1, -0.05) is 0 Å². The number of aliphatic hydroxyl groups excluding tert-OH is 1. The van der Waals surface area contributed by atoms with Gasteiger partial charge in [-0.25, -0.2) is 4.39 Å². The molecular weight excluding hydrogens is 273 g/mol. The van der Waals surface area contributed by atoms with Gasteiger partial charge in [0.2, 0.25) is 5.91 Å². The molecule has 1 aromatic rings. The van der Waals surface area contributed by atoms with Crippen LogP contribution in [0.3, 0.4) is 0 Å². The van der Waals surface area contributed by atoms with Crippen LogP contribution in [-0.4, -0.2) is 42.2 Å². The first-order valence-corrected chi connectivity index (χ1v) is 7.26. The van der Waals surface area contributed by atoms with Gasteiger partial charge in [-0.3, -0.25) is 4.79 Å². The average Bonchev–Trinajstić information content (AvgIpc) is 2.89. The SMILES string of the molecule is Nc1ccc(F)c(NC(=O)CCN2CCC(CCO)C2)c1. The van der Waals surface area contributed by atoms with Crippen molar-refractivity contribution >= 4 is 17.3 Å². The van der Waals surface area contributed by atoms with Crippen LogP contribution in [0.4, 0.5) is 15.8 Å². The first-order valence-electron chi connectivity index (χ1n) is 7.26. The Morgan fingerprint density at radius 1 is 1.52 bits per heavy atom. The van der Waals surface area contributed by atoms with Gasteiger partial charge in [0.05, 0.1) is 5.69 Å². The van der Waals surface area contributed by atoms with Crippen LogP contribution < -0.4 is 11.1 Å². The van der Waals surface area contributed by atoms with Gasteiger partial charge in [-0.2, -0.15) is 0 Å². The lowest BCUT2D eigenvalue weighted by Crippen LogP contribution is -2.26. The maximum atomic E-state index is 13.5. The molecule has 0 radical (unpaired) electrons. The van der Waals surface area contributed by atoms with Crippen LogP contribution in [0.25, 0.3) is 0 Å². The van der Waals surface area contributed by atoms with Gasteiger partial charge >= 0.3 is 0 Å². The fourth-order valence-electron chi connectivity index (χ4n) is 2.65. The minimum absolute atomic E-state index is 0.125. The lowest BCUT2D eigenvalue weighted by atomic mass is 10.1. The second-order valence-electron chi connectivity index (χ2n) is 5.51. The largest absolute Gasteiger partial charge is 0.399 e. The van der Waals surface area contributed by atoms with E-state index in [1.807, 2.05) is 0 Å². The number of nitrogens with two attached hydrogens (primary N) is 1. The number of nitrogens with zero attached hydrogens (tertiary/aromatic N) is 1. The molecule has 1 saturated heterocycles. The third-order valence-corrected chi connectivity index (χ3v) is 3.83. The molecule has 0 spiro atoms. The summed E-state index contributed by atoms with van der Waals surface area (Å²) in [6.45, 7) is 2.73. The second kappa shape index (κ2) is 7.38. The average molecular weight is 295 g/mol. The molecule has 1 aliphatic heterocycles. The molecule has 1 aliphatic rings. The highest BCUT2D eigenvalue weighted by Gasteiger charge is 2.22. The van der Waals surface area contributed by atoms with Gasteiger partial charge in [0.1, 0.15) is 5.82 Å². The molecule has 5 nitrogen and oxygen atoms in total. The van der Waals surface area contributed by atoms with E-state index >= 15 is 0 Å². The predicted molar refractivity (Wildman–Crippen MR) is 80.3 cm³/mol. The van der Waals surface area contributed by atoms with E-state index in [1.165, 1.54) is 18.2 Å². The van der Waals surface area contributed by atoms with Gasteiger partial charge in [-0.05, 0) is 43.5 Å². The lowest BCUT2D eigenvalue weighted by Gasteiger charge is -2.15. The highest BCUT2D eigenvalue weighted by atomic mass is 19.1. The summed E-state index contributed by atoms with van der Waals surface area (Å²) in [7, 11) is 0. The molecule has 6 heteroatoms. The normalized spacial score (nSPS) is 18.9. The van der Waals surface area contributed by atoms with Crippen molar-refractivity contribution in [3.05, 3.63) is 24.0 Å². The van der Waals surface area contributed by atoms with Crippen LogP contribution in [0.1, 0.15) is 19.3 Å². The maximum absolute atomic E-state index is 13.5. The first-order chi connectivity index (χ1) is 10.1.